The fraction of sp³-hybridized carbons (Fsp3) is 0.235. The number of rotatable bonds is 1. The summed E-state index contributed by atoms with van der Waals surface area (Å²) in [4.78, 5) is 3.03. The van der Waals surface area contributed by atoms with Crippen LogP contribution in [-0.2, 0) is 6.42 Å². The zero-order valence-corrected chi connectivity index (χ0v) is 12.3. The lowest BCUT2D eigenvalue weighted by Gasteiger charge is -2.27. The van der Waals surface area contributed by atoms with Crippen LogP contribution in [0.5, 0.6) is 0 Å². The smallest absolute Gasteiger partial charge is 0.178 e. The molecule has 3 aromatic rings. The zero-order chi connectivity index (χ0) is 14.4. The number of hydrogen-bond acceptors (Lipinski definition) is 1. The van der Waals surface area contributed by atoms with E-state index in [0.717, 1.165) is 24.8 Å². The van der Waals surface area contributed by atoms with E-state index in [1.54, 1.807) is 6.07 Å². The van der Waals surface area contributed by atoms with Crippen molar-refractivity contribution in [3.8, 4) is 0 Å². The molecule has 4 rings (SSSR count). The van der Waals surface area contributed by atoms with Crippen molar-refractivity contribution >= 4 is 23.3 Å². The van der Waals surface area contributed by atoms with E-state index in [-0.39, 0.29) is 11.9 Å². The Morgan fingerprint density at radius 2 is 2.00 bits per heavy atom. The molecule has 106 valence electrons. The monoisotopic (exact) mass is 298 g/mol. The summed E-state index contributed by atoms with van der Waals surface area (Å²) in [5, 5.41) is 0. The molecule has 1 heterocycles. The summed E-state index contributed by atoms with van der Waals surface area (Å²) in [6.45, 7) is 0. The van der Waals surface area contributed by atoms with Gasteiger partial charge in [0.15, 0.2) is 4.77 Å². The Bertz CT molecular complexity index is 878. The molecule has 1 atom stereocenters. The maximum Gasteiger partial charge on any atom is 0.178 e. The van der Waals surface area contributed by atoms with Crippen molar-refractivity contribution in [1.82, 2.24) is 9.55 Å². The van der Waals surface area contributed by atoms with E-state index in [2.05, 4.69) is 33.8 Å². The Labute approximate surface area is 127 Å². The van der Waals surface area contributed by atoms with Gasteiger partial charge in [-0.25, -0.2) is 4.39 Å². The molecule has 0 saturated carbocycles. The van der Waals surface area contributed by atoms with E-state index >= 15 is 0 Å². The van der Waals surface area contributed by atoms with Gasteiger partial charge in [0.1, 0.15) is 11.3 Å². The number of halogens is 1. The minimum absolute atomic E-state index is 0.193. The molecule has 2 nitrogen and oxygen atoms in total. The molecule has 1 N–H and O–H groups in total. The maximum absolute atomic E-state index is 14.0. The topological polar surface area (TPSA) is 20.7 Å². The third-order valence-corrected chi connectivity index (χ3v) is 4.65. The molecule has 0 spiro atoms. The number of benzene rings is 2. The van der Waals surface area contributed by atoms with E-state index in [4.69, 9.17) is 12.2 Å². The van der Waals surface area contributed by atoms with E-state index < -0.39 is 0 Å². The molecule has 0 bridgehead atoms. The van der Waals surface area contributed by atoms with Crippen molar-refractivity contribution in [2.24, 2.45) is 0 Å². The van der Waals surface area contributed by atoms with Crippen LogP contribution in [0.2, 0.25) is 0 Å². The van der Waals surface area contributed by atoms with Crippen LogP contribution < -0.4 is 0 Å². The van der Waals surface area contributed by atoms with Crippen molar-refractivity contribution in [1.29, 1.82) is 0 Å². The van der Waals surface area contributed by atoms with Crippen LogP contribution in [0.15, 0.2) is 42.5 Å². The first kappa shape index (κ1) is 12.8. The van der Waals surface area contributed by atoms with Crippen LogP contribution in [0.4, 0.5) is 4.39 Å². The number of imidazole rings is 1. The highest BCUT2D eigenvalue weighted by atomic mass is 32.1. The molecule has 1 aliphatic carbocycles. The number of hydrogen-bond donors (Lipinski definition) is 1. The second kappa shape index (κ2) is 4.81. The molecule has 1 aromatic heterocycles. The molecule has 4 heteroatoms. The Morgan fingerprint density at radius 1 is 1.14 bits per heavy atom. The van der Waals surface area contributed by atoms with Gasteiger partial charge in [-0.05, 0) is 54.7 Å². The van der Waals surface area contributed by atoms with Gasteiger partial charge in [0.05, 0.1) is 11.6 Å². The number of aromatic amines is 1. The second-order valence-corrected chi connectivity index (χ2v) is 5.93. The highest BCUT2D eigenvalue weighted by Gasteiger charge is 2.24. The van der Waals surface area contributed by atoms with Crippen molar-refractivity contribution in [2.75, 3.05) is 0 Å². The van der Waals surface area contributed by atoms with Crippen LogP contribution in [0, 0.1) is 10.6 Å². The Hall–Kier alpha value is -1.94. The number of H-pyrrole nitrogens is 1. The van der Waals surface area contributed by atoms with Gasteiger partial charge in [0, 0.05) is 0 Å². The lowest BCUT2D eigenvalue weighted by atomic mass is 9.87. The van der Waals surface area contributed by atoms with Crippen molar-refractivity contribution in [2.45, 2.75) is 25.3 Å². The van der Waals surface area contributed by atoms with Gasteiger partial charge >= 0.3 is 0 Å². The highest BCUT2D eigenvalue weighted by Crippen LogP contribution is 2.35. The minimum Gasteiger partial charge on any atom is -0.328 e. The highest BCUT2D eigenvalue weighted by molar-refractivity contribution is 7.71. The van der Waals surface area contributed by atoms with Crippen molar-refractivity contribution in [3.05, 3.63) is 64.2 Å². The molecule has 1 unspecified atom stereocenters. The lowest BCUT2D eigenvalue weighted by molar-refractivity contribution is 0.495. The first-order valence-electron chi connectivity index (χ1n) is 7.22. The molecule has 0 radical (unpaired) electrons. The number of nitrogens with one attached hydrogen (secondary N) is 1. The maximum atomic E-state index is 14.0. The van der Waals surface area contributed by atoms with E-state index in [1.807, 2.05) is 6.07 Å². The number of para-hydroxylation sites is 1. The predicted molar refractivity (Wildman–Crippen MR) is 84.6 cm³/mol. The number of fused-ring (bicyclic) bond motifs is 2. The summed E-state index contributed by atoms with van der Waals surface area (Å²) in [6, 6.07) is 13.8. The Kier molecular flexibility index (Phi) is 2.93. The molecule has 1 aliphatic rings. The van der Waals surface area contributed by atoms with Crippen LogP contribution in [0.3, 0.4) is 0 Å². The third kappa shape index (κ3) is 1.94. The first-order chi connectivity index (χ1) is 10.3. The molecular formula is C17H15FN2S. The van der Waals surface area contributed by atoms with E-state index in [1.165, 1.54) is 17.2 Å². The predicted octanol–water partition coefficient (Wildman–Crippen LogP) is 4.76. The van der Waals surface area contributed by atoms with E-state index in [0.29, 0.717) is 10.3 Å². The quantitative estimate of drug-likeness (QED) is 0.642. The van der Waals surface area contributed by atoms with Gasteiger partial charge in [-0.3, -0.25) is 0 Å². The van der Waals surface area contributed by atoms with Crippen molar-refractivity contribution in [3.63, 3.8) is 0 Å². The minimum atomic E-state index is -0.249. The largest absolute Gasteiger partial charge is 0.328 e. The van der Waals surface area contributed by atoms with E-state index in [9.17, 15) is 4.39 Å². The summed E-state index contributed by atoms with van der Waals surface area (Å²) in [7, 11) is 0. The summed E-state index contributed by atoms with van der Waals surface area (Å²) in [5.74, 6) is -0.249. The fourth-order valence-electron chi connectivity index (χ4n) is 3.42. The summed E-state index contributed by atoms with van der Waals surface area (Å²) < 4.78 is 16.6. The molecule has 21 heavy (non-hydrogen) atoms. The average molecular weight is 298 g/mol. The molecule has 0 aliphatic heterocycles. The molecule has 0 amide bonds. The van der Waals surface area contributed by atoms with Crippen LogP contribution >= 0.6 is 12.2 Å². The van der Waals surface area contributed by atoms with Crippen LogP contribution in [0.25, 0.3) is 11.0 Å². The third-order valence-electron chi connectivity index (χ3n) is 4.35. The Balaban J connectivity index is 1.98. The molecule has 0 fully saturated rings. The number of aryl methyl sites for hydroxylation is 1. The van der Waals surface area contributed by atoms with Crippen LogP contribution in [-0.4, -0.2) is 9.55 Å². The normalized spacial score (nSPS) is 17.9. The average Bonchev–Trinajstić information content (AvgIpc) is 2.84. The number of nitrogens with zero attached hydrogens (tertiary/aromatic N) is 1. The van der Waals surface area contributed by atoms with Gasteiger partial charge in [-0.2, -0.15) is 0 Å². The SMILES string of the molecule is Fc1cccc2c1[nH]c(=S)n2C1CCCc2ccccc21. The van der Waals surface area contributed by atoms with Gasteiger partial charge in [-0.1, -0.05) is 30.3 Å². The second-order valence-electron chi connectivity index (χ2n) is 5.54. The van der Waals surface area contributed by atoms with Gasteiger partial charge in [0.2, 0.25) is 0 Å². The van der Waals surface area contributed by atoms with Crippen LogP contribution in [0.1, 0.15) is 30.0 Å². The van der Waals surface area contributed by atoms with Gasteiger partial charge in [0.25, 0.3) is 0 Å². The number of aromatic nitrogens is 2. The standard InChI is InChI=1S/C17H15FN2S/c18-13-8-4-10-15-16(13)19-17(21)20(15)14-9-3-6-11-5-1-2-7-12(11)14/h1-2,4-5,7-8,10,14H,3,6,9H2,(H,19,21). The lowest BCUT2D eigenvalue weighted by Crippen LogP contribution is -2.17. The molecule has 2 aromatic carbocycles. The van der Waals surface area contributed by atoms with Gasteiger partial charge in [-0.15, -0.1) is 0 Å². The summed E-state index contributed by atoms with van der Waals surface area (Å²) >= 11 is 5.46. The Morgan fingerprint density at radius 3 is 2.90 bits per heavy atom. The zero-order valence-electron chi connectivity index (χ0n) is 11.5. The van der Waals surface area contributed by atoms with Gasteiger partial charge < -0.3 is 9.55 Å². The molecular weight excluding hydrogens is 283 g/mol. The fourth-order valence-corrected chi connectivity index (χ4v) is 3.75. The van der Waals surface area contributed by atoms with Crippen molar-refractivity contribution < 1.29 is 4.39 Å². The summed E-state index contributed by atoms with van der Waals surface area (Å²) in [6.07, 6.45) is 3.27. The first-order valence-corrected chi connectivity index (χ1v) is 7.63. The summed E-state index contributed by atoms with van der Waals surface area (Å²) in [5.41, 5.74) is 4.04. The molecule has 0 saturated heterocycles.